The molecule has 1 aliphatic heterocycles. The van der Waals surface area contributed by atoms with Crippen molar-refractivity contribution in [1.82, 2.24) is 4.90 Å². The number of piperidine rings is 1. The van der Waals surface area contributed by atoms with Crippen molar-refractivity contribution in [1.29, 1.82) is 0 Å². The molecule has 130 valence electrons. The minimum Gasteiger partial charge on any atom is -0.481 e. The number of aliphatic carboxylic acids is 1. The molecule has 0 aliphatic carbocycles. The highest BCUT2D eigenvalue weighted by Gasteiger charge is 2.30. The van der Waals surface area contributed by atoms with E-state index in [2.05, 4.69) is 0 Å². The van der Waals surface area contributed by atoms with Crippen molar-refractivity contribution in [3.05, 3.63) is 60.2 Å². The number of hydrogen-bond donors (Lipinski definition) is 1. The van der Waals surface area contributed by atoms with E-state index >= 15 is 0 Å². The largest absolute Gasteiger partial charge is 0.481 e. The predicted octanol–water partition coefficient (Wildman–Crippen LogP) is 3.95. The first-order valence-corrected chi connectivity index (χ1v) is 8.50. The van der Waals surface area contributed by atoms with Crippen molar-refractivity contribution in [3.8, 4) is 11.5 Å². The topological polar surface area (TPSA) is 66.8 Å². The van der Waals surface area contributed by atoms with Crippen LogP contribution < -0.4 is 4.74 Å². The SMILES string of the molecule is O=C(O)CC1CCCCN1C(=O)c1ccccc1Oc1ccccc1. The Bertz CT molecular complexity index is 744. The number of rotatable bonds is 5. The molecule has 2 aromatic carbocycles. The number of benzene rings is 2. The molecule has 1 amide bonds. The fraction of sp³-hybridized carbons (Fsp3) is 0.300. The lowest BCUT2D eigenvalue weighted by molar-refractivity contribution is -0.138. The molecule has 1 atom stereocenters. The molecule has 5 heteroatoms. The number of carboxylic acids is 1. The van der Waals surface area contributed by atoms with Crippen LogP contribution in [-0.2, 0) is 4.79 Å². The number of carbonyl (C=O) groups is 2. The van der Waals surface area contributed by atoms with Gasteiger partial charge in [0.2, 0.25) is 0 Å². The number of ether oxygens (including phenoxy) is 1. The zero-order valence-corrected chi connectivity index (χ0v) is 13.9. The summed E-state index contributed by atoms with van der Waals surface area (Å²) in [7, 11) is 0. The van der Waals surface area contributed by atoms with E-state index in [-0.39, 0.29) is 18.4 Å². The lowest BCUT2D eigenvalue weighted by Gasteiger charge is -2.35. The Morgan fingerprint density at radius 1 is 1.04 bits per heavy atom. The van der Waals surface area contributed by atoms with Gasteiger partial charge in [0.15, 0.2) is 0 Å². The second kappa shape index (κ2) is 7.83. The van der Waals surface area contributed by atoms with Gasteiger partial charge in [-0.05, 0) is 43.5 Å². The minimum atomic E-state index is -0.876. The van der Waals surface area contributed by atoms with Crippen LogP contribution in [0.3, 0.4) is 0 Å². The number of nitrogens with zero attached hydrogens (tertiary/aromatic N) is 1. The summed E-state index contributed by atoms with van der Waals surface area (Å²) in [5.74, 6) is 0.0952. The van der Waals surface area contributed by atoms with Crippen molar-refractivity contribution in [2.75, 3.05) is 6.54 Å². The van der Waals surface area contributed by atoms with E-state index in [1.165, 1.54) is 0 Å². The van der Waals surface area contributed by atoms with Crippen molar-refractivity contribution < 1.29 is 19.4 Å². The highest BCUT2D eigenvalue weighted by molar-refractivity contribution is 5.97. The van der Waals surface area contributed by atoms with E-state index in [1.54, 1.807) is 23.1 Å². The molecule has 1 unspecified atom stereocenters. The average Bonchev–Trinajstić information content (AvgIpc) is 2.62. The van der Waals surface area contributed by atoms with Crippen molar-refractivity contribution in [3.63, 3.8) is 0 Å². The second-order valence-corrected chi connectivity index (χ2v) is 6.16. The fourth-order valence-corrected chi connectivity index (χ4v) is 3.18. The van der Waals surface area contributed by atoms with E-state index in [4.69, 9.17) is 9.84 Å². The first-order chi connectivity index (χ1) is 12.1. The quantitative estimate of drug-likeness (QED) is 0.896. The maximum Gasteiger partial charge on any atom is 0.305 e. The molecule has 3 rings (SSSR count). The molecule has 1 saturated heterocycles. The van der Waals surface area contributed by atoms with Gasteiger partial charge in [-0.3, -0.25) is 9.59 Å². The van der Waals surface area contributed by atoms with Crippen LogP contribution in [0.4, 0.5) is 0 Å². The van der Waals surface area contributed by atoms with Gasteiger partial charge in [0.05, 0.1) is 12.0 Å². The maximum absolute atomic E-state index is 13.1. The van der Waals surface area contributed by atoms with Gasteiger partial charge in [-0.1, -0.05) is 30.3 Å². The lowest BCUT2D eigenvalue weighted by atomic mass is 9.98. The predicted molar refractivity (Wildman–Crippen MR) is 93.9 cm³/mol. The molecule has 2 aromatic rings. The van der Waals surface area contributed by atoms with Crippen molar-refractivity contribution in [2.24, 2.45) is 0 Å². The van der Waals surface area contributed by atoms with Crippen molar-refractivity contribution in [2.45, 2.75) is 31.7 Å². The smallest absolute Gasteiger partial charge is 0.305 e. The molecule has 0 spiro atoms. The zero-order valence-electron chi connectivity index (χ0n) is 13.9. The second-order valence-electron chi connectivity index (χ2n) is 6.16. The molecule has 0 aromatic heterocycles. The summed E-state index contributed by atoms with van der Waals surface area (Å²) in [6.45, 7) is 0.580. The Labute approximate surface area is 146 Å². The monoisotopic (exact) mass is 339 g/mol. The first kappa shape index (κ1) is 17.0. The van der Waals surface area contributed by atoms with Crippen LogP contribution in [0.2, 0.25) is 0 Å². The normalized spacial score (nSPS) is 17.1. The third-order valence-corrected chi connectivity index (χ3v) is 4.39. The minimum absolute atomic E-state index is 0.0204. The highest BCUT2D eigenvalue weighted by atomic mass is 16.5. The molecule has 0 radical (unpaired) electrons. The van der Waals surface area contributed by atoms with Gasteiger partial charge < -0.3 is 14.7 Å². The molecule has 0 saturated carbocycles. The molecule has 1 heterocycles. The Morgan fingerprint density at radius 2 is 1.76 bits per heavy atom. The Morgan fingerprint density at radius 3 is 2.52 bits per heavy atom. The molecule has 0 bridgehead atoms. The Balaban J connectivity index is 1.85. The Hall–Kier alpha value is -2.82. The van der Waals surface area contributed by atoms with Gasteiger partial charge in [0, 0.05) is 12.6 Å². The first-order valence-electron chi connectivity index (χ1n) is 8.50. The molecule has 1 fully saturated rings. The average molecular weight is 339 g/mol. The van der Waals surface area contributed by atoms with Crippen molar-refractivity contribution >= 4 is 11.9 Å². The summed E-state index contributed by atoms with van der Waals surface area (Å²) < 4.78 is 5.87. The number of carbonyl (C=O) groups excluding carboxylic acids is 1. The zero-order chi connectivity index (χ0) is 17.6. The van der Waals surface area contributed by atoms with Gasteiger partial charge in [-0.2, -0.15) is 0 Å². The lowest BCUT2D eigenvalue weighted by Crippen LogP contribution is -2.44. The van der Waals surface area contributed by atoms with Crippen LogP contribution >= 0.6 is 0 Å². The summed E-state index contributed by atoms with van der Waals surface area (Å²) in [5.41, 5.74) is 0.462. The fourth-order valence-electron chi connectivity index (χ4n) is 3.18. The van der Waals surface area contributed by atoms with Gasteiger partial charge >= 0.3 is 5.97 Å². The third kappa shape index (κ3) is 4.18. The van der Waals surface area contributed by atoms with Crippen LogP contribution in [0, 0.1) is 0 Å². The standard InChI is InChI=1S/C20H21NO4/c22-19(23)14-15-8-6-7-13-21(15)20(24)17-11-4-5-12-18(17)25-16-9-2-1-3-10-16/h1-5,9-12,15H,6-8,13-14H2,(H,22,23). The van der Waals surface area contributed by atoms with Gasteiger partial charge in [-0.25, -0.2) is 0 Å². The van der Waals surface area contributed by atoms with E-state index in [9.17, 15) is 9.59 Å². The van der Waals surface area contributed by atoms with Crippen LogP contribution in [0.25, 0.3) is 0 Å². The molecular formula is C20H21NO4. The molecule has 1 N–H and O–H groups in total. The summed E-state index contributed by atoms with van der Waals surface area (Å²) in [5, 5.41) is 9.12. The molecule has 1 aliphatic rings. The van der Waals surface area contributed by atoms with Crippen LogP contribution in [0.1, 0.15) is 36.0 Å². The number of para-hydroxylation sites is 2. The van der Waals surface area contributed by atoms with Gasteiger partial charge in [0.1, 0.15) is 11.5 Å². The maximum atomic E-state index is 13.1. The van der Waals surface area contributed by atoms with Crippen LogP contribution in [0.5, 0.6) is 11.5 Å². The van der Waals surface area contributed by atoms with Gasteiger partial charge in [-0.15, -0.1) is 0 Å². The van der Waals surface area contributed by atoms with E-state index < -0.39 is 5.97 Å². The molecule has 25 heavy (non-hydrogen) atoms. The number of carboxylic acid groups (broad SMARTS) is 1. The van der Waals surface area contributed by atoms with Crippen LogP contribution in [0.15, 0.2) is 54.6 Å². The van der Waals surface area contributed by atoms with Crippen LogP contribution in [-0.4, -0.2) is 34.5 Å². The number of likely N-dealkylation sites (tertiary alicyclic amines) is 1. The summed E-state index contributed by atoms with van der Waals surface area (Å²) >= 11 is 0. The Kier molecular flexibility index (Phi) is 5.33. The molecular weight excluding hydrogens is 318 g/mol. The summed E-state index contributed by atoms with van der Waals surface area (Å²) in [6, 6.07) is 16.1. The molecule has 5 nitrogen and oxygen atoms in total. The van der Waals surface area contributed by atoms with E-state index in [0.717, 1.165) is 19.3 Å². The van der Waals surface area contributed by atoms with E-state index in [0.29, 0.717) is 23.6 Å². The number of hydrogen-bond acceptors (Lipinski definition) is 3. The summed E-state index contributed by atoms with van der Waals surface area (Å²) in [6.07, 6.45) is 2.54. The third-order valence-electron chi connectivity index (χ3n) is 4.39. The highest BCUT2D eigenvalue weighted by Crippen LogP contribution is 2.29. The number of amides is 1. The van der Waals surface area contributed by atoms with E-state index in [1.807, 2.05) is 36.4 Å². The van der Waals surface area contributed by atoms with Gasteiger partial charge in [0.25, 0.3) is 5.91 Å². The summed E-state index contributed by atoms with van der Waals surface area (Å²) in [4.78, 5) is 25.9.